The van der Waals surface area contributed by atoms with Crippen molar-refractivity contribution < 1.29 is 15.6 Å². The van der Waals surface area contributed by atoms with Crippen LogP contribution in [0.1, 0.15) is 42.0 Å². The monoisotopic (exact) mass is 553 g/mol. The second-order valence-corrected chi connectivity index (χ2v) is 52.5. The van der Waals surface area contributed by atoms with Crippen LogP contribution in [0.5, 0.6) is 0 Å². The van der Waals surface area contributed by atoms with E-state index in [0.29, 0.717) is 0 Å². The van der Waals surface area contributed by atoms with Crippen LogP contribution in [0.25, 0.3) is 23.3 Å². The first-order valence-electron chi connectivity index (χ1n) is 11.4. The standard InChI is InChI=1S/C17H15.C9H7.C2H7Si.2ClH.Zr/c1-12-6-8-14(9-7-12)16-5-3-4-15-10-13(2)11-17(15)16;1-2-5-9-7-3-6-8(9)4-1;1-3-2;;;/h3-11H,1-2H3;1-7H;3H,1-2H3;2*1H;/q;;;;;+2/p-2. The van der Waals surface area contributed by atoms with Gasteiger partial charge >= 0.3 is 202 Å². The Bertz CT molecular complexity index is 1270. The van der Waals surface area contributed by atoms with Crippen LogP contribution in [0.2, 0.25) is 13.1 Å². The van der Waals surface area contributed by atoms with Gasteiger partial charge in [0, 0.05) is 0 Å². The predicted octanol–water partition coefficient (Wildman–Crippen LogP) is 8.87. The Labute approximate surface area is 200 Å². The van der Waals surface area contributed by atoms with E-state index < -0.39 is 21.5 Å². The molecule has 5 rings (SSSR count). The van der Waals surface area contributed by atoms with Gasteiger partial charge in [0.1, 0.15) is 0 Å². The number of fused-ring (bicyclic) bond motifs is 2. The van der Waals surface area contributed by atoms with E-state index in [1.165, 1.54) is 44.5 Å². The molecule has 32 heavy (non-hydrogen) atoms. The van der Waals surface area contributed by atoms with Crippen molar-refractivity contribution in [2.24, 2.45) is 0 Å². The molecule has 2 aliphatic carbocycles. The number of aryl methyl sites for hydroxylation is 1. The predicted molar refractivity (Wildman–Crippen MR) is 142 cm³/mol. The number of rotatable bonds is 4. The third-order valence-corrected chi connectivity index (χ3v) is 59.9. The normalized spacial score (nSPS) is 20.6. The minimum atomic E-state index is -4.41. The Hall–Kier alpha value is -1.18. The minimum absolute atomic E-state index is 0.160. The molecule has 0 amide bonds. The van der Waals surface area contributed by atoms with E-state index in [2.05, 4.69) is 112 Å². The van der Waals surface area contributed by atoms with Gasteiger partial charge in [0.15, 0.2) is 0 Å². The second kappa shape index (κ2) is 7.95. The van der Waals surface area contributed by atoms with Crippen LogP contribution in [-0.4, -0.2) is 5.92 Å². The first-order chi connectivity index (χ1) is 15.2. The molecule has 2 atom stereocenters. The van der Waals surface area contributed by atoms with Crippen LogP contribution in [0.4, 0.5) is 0 Å². The van der Waals surface area contributed by atoms with Gasteiger partial charge in [-0.15, -0.1) is 0 Å². The molecule has 0 saturated heterocycles. The molecule has 4 heteroatoms. The molecule has 0 aromatic heterocycles. The molecule has 163 valence electrons. The van der Waals surface area contributed by atoms with Crippen LogP contribution in [0, 0.1) is 6.92 Å². The number of allylic oxidation sites excluding steroid dienone is 2. The zero-order valence-corrected chi connectivity index (χ0v) is 24.2. The molecule has 0 fully saturated rings. The summed E-state index contributed by atoms with van der Waals surface area (Å²) in [6, 6.07) is 24.2. The average Bonchev–Trinajstić information content (AvgIpc) is 3.35. The molecule has 0 spiro atoms. The van der Waals surface area contributed by atoms with E-state index in [1.54, 1.807) is 0 Å². The van der Waals surface area contributed by atoms with Crippen molar-refractivity contribution in [2.45, 2.75) is 34.2 Å². The average molecular weight is 556 g/mol. The molecule has 2 unspecified atom stereocenters. The third-order valence-electron chi connectivity index (χ3n) is 7.69. The Morgan fingerprint density at radius 1 is 0.812 bits per heavy atom. The molecule has 0 aliphatic heterocycles. The SMILES string of the molecule is CC1=Cc2c(-c3ccc(C)cc3)cccc2[CH]1[Zr]([Cl])([Cl])([CH]1C=Cc2ccccc21)[SiH](C)C. The topological polar surface area (TPSA) is 0 Å². The quantitative estimate of drug-likeness (QED) is 0.282. The van der Waals surface area contributed by atoms with Crippen molar-refractivity contribution in [1.82, 2.24) is 0 Å². The van der Waals surface area contributed by atoms with Crippen LogP contribution in [0.3, 0.4) is 0 Å². The summed E-state index contributed by atoms with van der Waals surface area (Å²) < 4.78 is 0.331. The fourth-order valence-corrected chi connectivity index (χ4v) is 36.0. The summed E-state index contributed by atoms with van der Waals surface area (Å²) in [5, 5.41) is 0. The summed E-state index contributed by atoms with van der Waals surface area (Å²) in [6.07, 6.45) is 6.94. The van der Waals surface area contributed by atoms with Crippen molar-refractivity contribution >= 4 is 35.1 Å². The maximum absolute atomic E-state index is 8.06. The molecular formula is C28H29Cl2SiZr. The van der Waals surface area contributed by atoms with Gasteiger partial charge in [-0.05, 0) is 0 Å². The number of halogens is 2. The van der Waals surface area contributed by atoms with Crippen molar-refractivity contribution in [3.63, 3.8) is 0 Å². The number of hydrogen-bond acceptors (Lipinski definition) is 0. The van der Waals surface area contributed by atoms with Crippen molar-refractivity contribution in [3.8, 4) is 11.1 Å². The molecule has 3 aromatic rings. The van der Waals surface area contributed by atoms with Gasteiger partial charge in [-0.1, -0.05) is 0 Å². The van der Waals surface area contributed by atoms with Gasteiger partial charge < -0.3 is 0 Å². The van der Waals surface area contributed by atoms with Crippen LogP contribution < -0.4 is 0 Å². The van der Waals surface area contributed by atoms with Crippen LogP contribution in [-0.2, 0) is 15.6 Å². The summed E-state index contributed by atoms with van der Waals surface area (Å²) in [7, 11) is 16.1. The van der Waals surface area contributed by atoms with E-state index in [9.17, 15) is 0 Å². The van der Waals surface area contributed by atoms with Crippen LogP contribution in [0.15, 0.2) is 78.4 Å². The molecule has 0 radical (unpaired) electrons. The Morgan fingerprint density at radius 2 is 1.50 bits per heavy atom. The summed E-state index contributed by atoms with van der Waals surface area (Å²) in [5.41, 5.74) is 10.4. The maximum atomic E-state index is 8.06. The van der Waals surface area contributed by atoms with E-state index >= 15 is 0 Å². The summed E-state index contributed by atoms with van der Waals surface area (Å²) in [5.74, 6) is -1.43. The van der Waals surface area contributed by atoms with Gasteiger partial charge in [-0.2, -0.15) is 0 Å². The first kappa shape index (κ1) is 22.6. The molecule has 0 nitrogen and oxygen atoms in total. The summed E-state index contributed by atoms with van der Waals surface area (Å²) in [4.78, 5) is 0. The third kappa shape index (κ3) is 3.25. The van der Waals surface area contributed by atoms with Crippen molar-refractivity contribution in [3.05, 3.63) is 106 Å². The summed E-state index contributed by atoms with van der Waals surface area (Å²) in [6.45, 7) is 9.15. The van der Waals surface area contributed by atoms with Crippen molar-refractivity contribution in [2.75, 3.05) is 0 Å². The van der Waals surface area contributed by atoms with Gasteiger partial charge in [-0.3, -0.25) is 0 Å². The number of hydrogen-bond donors (Lipinski definition) is 0. The van der Waals surface area contributed by atoms with Gasteiger partial charge in [-0.25, -0.2) is 0 Å². The molecule has 3 aromatic carbocycles. The zero-order chi connectivity index (χ0) is 22.7. The second-order valence-electron chi connectivity index (χ2n) is 9.84. The van der Waals surface area contributed by atoms with E-state index in [1.807, 2.05) is 0 Å². The van der Waals surface area contributed by atoms with Crippen molar-refractivity contribution in [1.29, 1.82) is 0 Å². The first-order valence-corrected chi connectivity index (χ1v) is 27.8. The van der Waals surface area contributed by atoms with E-state index in [0.717, 1.165) is 0 Å². The molecule has 0 heterocycles. The molecule has 0 bridgehead atoms. The molecular weight excluding hydrogens is 527 g/mol. The van der Waals surface area contributed by atoms with E-state index in [-0.39, 0.29) is 7.25 Å². The van der Waals surface area contributed by atoms with Crippen LogP contribution >= 0.6 is 17.0 Å². The Balaban J connectivity index is 1.71. The van der Waals surface area contributed by atoms with Gasteiger partial charge in [0.25, 0.3) is 0 Å². The molecule has 0 N–H and O–H groups in total. The van der Waals surface area contributed by atoms with Gasteiger partial charge in [0.05, 0.1) is 0 Å². The zero-order valence-electron chi connectivity index (χ0n) is 19.1. The fraction of sp³-hybridized carbons (Fsp3) is 0.214. The molecule has 2 aliphatic rings. The van der Waals surface area contributed by atoms with E-state index in [4.69, 9.17) is 17.0 Å². The Kier molecular flexibility index (Phi) is 5.62. The molecule has 0 saturated carbocycles. The Morgan fingerprint density at radius 3 is 2.22 bits per heavy atom. The summed E-state index contributed by atoms with van der Waals surface area (Å²) >= 11 is -4.41. The number of benzene rings is 3. The fourth-order valence-electron chi connectivity index (χ4n) is 5.87. The van der Waals surface area contributed by atoms with Gasteiger partial charge in [0.2, 0.25) is 0 Å².